The minimum Gasteiger partial charge on any atom is -0.508 e. The average Bonchev–Trinajstić information content (AvgIpc) is 2.66. The van der Waals surface area contributed by atoms with E-state index in [1.807, 2.05) is 24.3 Å². The standard InChI is InChI=1S/C22H23BrN2O/c1-24-12-14-25(15-13-24)22(17-6-9-18(23)10-7-17)21-19-5-3-2-4-16(19)8-11-20(21)26/h2-11,22,26H,12-15H2,1H3. The van der Waals surface area contributed by atoms with Crippen LogP contribution >= 0.6 is 15.9 Å². The van der Waals surface area contributed by atoms with Gasteiger partial charge in [0.05, 0.1) is 6.04 Å². The largest absolute Gasteiger partial charge is 0.508 e. The van der Waals surface area contributed by atoms with Gasteiger partial charge < -0.3 is 10.0 Å². The molecule has 0 aliphatic carbocycles. The molecule has 1 aliphatic rings. The summed E-state index contributed by atoms with van der Waals surface area (Å²) >= 11 is 3.54. The van der Waals surface area contributed by atoms with Gasteiger partial charge in [0.1, 0.15) is 5.75 Å². The second-order valence-electron chi connectivity index (χ2n) is 7.01. The van der Waals surface area contributed by atoms with Crippen molar-refractivity contribution in [2.24, 2.45) is 0 Å². The van der Waals surface area contributed by atoms with Gasteiger partial charge in [0.2, 0.25) is 0 Å². The Labute approximate surface area is 163 Å². The summed E-state index contributed by atoms with van der Waals surface area (Å²) in [5.41, 5.74) is 2.22. The Morgan fingerprint density at radius 2 is 1.58 bits per heavy atom. The third kappa shape index (κ3) is 3.37. The lowest BCUT2D eigenvalue weighted by molar-refractivity contribution is 0.126. The fourth-order valence-corrected chi connectivity index (χ4v) is 4.12. The van der Waals surface area contributed by atoms with E-state index in [2.05, 4.69) is 69.2 Å². The predicted molar refractivity (Wildman–Crippen MR) is 111 cm³/mol. The molecular formula is C22H23BrN2O. The Balaban J connectivity index is 1.88. The molecular weight excluding hydrogens is 388 g/mol. The van der Waals surface area contributed by atoms with Crippen molar-refractivity contribution in [3.05, 3.63) is 76.3 Å². The topological polar surface area (TPSA) is 26.7 Å². The number of halogens is 1. The lowest BCUT2D eigenvalue weighted by Gasteiger charge is -2.39. The van der Waals surface area contributed by atoms with E-state index in [4.69, 9.17) is 0 Å². The Morgan fingerprint density at radius 3 is 2.31 bits per heavy atom. The molecule has 0 radical (unpaired) electrons. The number of benzene rings is 3. The van der Waals surface area contributed by atoms with E-state index >= 15 is 0 Å². The number of hydrogen-bond acceptors (Lipinski definition) is 3. The molecule has 0 amide bonds. The molecule has 26 heavy (non-hydrogen) atoms. The molecule has 4 heteroatoms. The molecule has 3 nitrogen and oxygen atoms in total. The summed E-state index contributed by atoms with van der Waals surface area (Å²) in [6, 6.07) is 20.7. The summed E-state index contributed by atoms with van der Waals surface area (Å²) in [4.78, 5) is 4.85. The van der Waals surface area contributed by atoms with Crippen LogP contribution in [0, 0.1) is 0 Å². The average molecular weight is 411 g/mol. The summed E-state index contributed by atoms with van der Waals surface area (Å²) in [6.45, 7) is 4.05. The normalized spacial score (nSPS) is 17.5. The summed E-state index contributed by atoms with van der Waals surface area (Å²) in [5, 5.41) is 13.1. The van der Waals surface area contributed by atoms with E-state index in [1.54, 1.807) is 0 Å². The highest BCUT2D eigenvalue weighted by molar-refractivity contribution is 9.10. The number of nitrogens with zero attached hydrogens (tertiary/aromatic N) is 2. The first-order valence-electron chi connectivity index (χ1n) is 9.02. The van der Waals surface area contributed by atoms with Crippen LogP contribution in [0.25, 0.3) is 10.8 Å². The first-order chi connectivity index (χ1) is 12.6. The Morgan fingerprint density at radius 1 is 0.885 bits per heavy atom. The molecule has 1 fully saturated rings. The smallest absolute Gasteiger partial charge is 0.121 e. The number of piperazine rings is 1. The van der Waals surface area contributed by atoms with Crippen molar-refractivity contribution in [2.45, 2.75) is 6.04 Å². The highest BCUT2D eigenvalue weighted by atomic mass is 79.9. The summed E-state index contributed by atoms with van der Waals surface area (Å²) in [5.74, 6) is 0.371. The predicted octanol–water partition coefficient (Wildman–Crippen LogP) is 4.64. The van der Waals surface area contributed by atoms with Crippen LogP contribution in [0.15, 0.2) is 65.1 Å². The van der Waals surface area contributed by atoms with Crippen LogP contribution in [0.2, 0.25) is 0 Å². The maximum absolute atomic E-state index is 10.8. The van der Waals surface area contributed by atoms with Crippen molar-refractivity contribution in [1.82, 2.24) is 9.80 Å². The van der Waals surface area contributed by atoms with Crippen LogP contribution in [0.1, 0.15) is 17.2 Å². The van der Waals surface area contributed by atoms with E-state index < -0.39 is 0 Å². The highest BCUT2D eigenvalue weighted by Gasteiger charge is 2.28. The molecule has 1 heterocycles. The Hall–Kier alpha value is -1.88. The van der Waals surface area contributed by atoms with Gasteiger partial charge in [0, 0.05) is 36.2 Å². The van der Waals surface area contributed by atoms with Crippen LogP contribution in [-0.4, -0.2) is 48.1 Å². The molecule has 0 spiro atoms. The zero-order valence-electron chi connectivity index (χ0n) is 14.9. The summed E-state index contributed by atoms with van der Waals surface area (Å²) in [6.07, 6.45) is 0. The summed E-state index contributed by atoms with van der Waals surface area (Å²) < 4.78 is 1.07. The third-order valence-electron chi connectivity index (χ3n) is 5.31. The van der Waals surface area contributed by atoms with Crippen molar-refractivity contribution in [3.63, 3.8) is 0 Å². The van der Waals surface area contributed by atoms with Crippen LogP contribution in [0.5, 0.6) is 5.75 Å². The van der Waals surface area contributed by atoms with Gasteiger partial charge >= 0.3 is 0 Å². The maximum atomic E-state index is 10.8. The zero-order valence-corrected chi connectivity index (χ0v) is 16.5. The lowest BCUT2D eigenvalue weighted by Crippen LogP contribution is -2.46. The lowest BCUT2D eigenvalue weighted by atomic mass is 9.91. The second-order valence-corrected chi connectivity index (χ2v) is 7.93. The van der Waals surface area contributed by atoms with Gasteiger partial charge in [-0.1, -0.05) is 58.4 Å². The van der Waals surface area contributed by atoms with Crippen LogP contribution in [0.3, 0.4) is 0 Å². The molecule has 134 valence electrons. The fourth-order valence-electron chi connectivity index (χ4n) is 3.86. The number of phenolic OH excluding ortho intramolecular Hbond substituents is 1. The van der Waals surface area contributed by atoms with Crippen molar-refractivity contribution >= 4 is 26.7 Å². The van der Waals surface area contributed by atoms with Crippen molar-refractivity contribution < 1.29 is 5.11 Å². The highest BCUT2D eigenvalue weighted by Crippen LogP contribution is 2.39. The molecule has 0 saturated carbocycles. The molecule has 1 unspecified atom stereocenters. The minimum absolute atomic E-state index is 0.0444. The van der Waals surface area contributed by atoms with Crippen molar-refractivity contribution in [2.75, 3.05) is 33.2 Å². The first-order valence-corrected chi connectivity index (χ1v) is 9.81. The van der Waals surface area contributed by atoms with E-state index in [0.717, 1.165) is 47.0 Å². The van der Waals surface area contributed by atoms with Crippen LogP contribution in [0.4, 0.5) is 0 Å². The number of hydrogen-bond donors (Lipinski definition) is 1. The quantitative estimate of drug-likeness (QED) is 0.680. The van der Waals surface area contributed by atoms with Crippen LogP contribution in [-0.2, 0) is 0 Å². The molecule has 1 saturated heterocycles. The van der Waals surface area contributed by atoms with Gasteiger partial charge in [-0.25, -0.2) is 0 Å². The summed E-state index contributed by atoms with van der Waals surface area (Å²) in [7, 11) is 2.17. The molecule has 0 aromatic heterocycles. The molecule has 4 rings (SSSR count). The van der Waals surface area contributed by atoms with Gasteiger partial charge in [-0.3, -0.25) is 4.90 Å². The van der Waals surface area contributed by atoms with E-state index in [-0.39, 0.29) is 6.04 Å². The fraction of sp³-hybridized carbons (Fsp3) is 0.273. The second kappa shape index (κ2) is 7.39. The third-order valence-corrected chi connectivity index (χ3v) is 5.84. The van der Waals surface area contributed by atoms with Crippen molar-refractivity contribution in [3.8, 4) is 5.75 Å². The number of phenols is 1. The Bertz CT molecular complexity index is 902. The minimum atomic E-state index is 0.0444. The molecule has 3 aromatic carbocycles. The molecule has 1 N–H and O–H groups in total. The van der Waals surface area contributed by atoms with E-state index in [9.17, 15) is 5.11 Å². The van der Waals surface area contributed by atoms with Gasteiger partial charge in [-0.15, -0.1) is 0 Å². The molecule has 1 atom stereocenters. The number of aromatic hydroxyl groups is 1. The maximum Gasteiger partial charge on any atom is 0.121 e. The number of rotatable bonds is 3. The SMILES string of the molecule is CN1CCN(C(c2ccc(Br)cc2)c2c(O)ccc3ccccc23)CC1. The van der Waals surface area contributed by atoms with E-state index in [0.29, 0.717) is 5.75 Å². The molecule has 1 aliphatic heterocycles. The van der Waals surface area contributed by atoms with Crippen LogP contribution < -0.4 is 0 Å². The Kier molecular flexibility index (Phi) is 4.98. The zero-order chi connectivity index (χ0) is 18.1. The van der Waals surface area contributed by atoms with E-state index in [1.165, 1.54) is 5.56 Å². The van der Waals surface area contributed by atoms with Gasteiger partial charge in [0.15, 0.2) is 0 Å². The molecule has 3 aromatic rings. The monoisotopic (exact) mass is 410 g/mol. The number of fused-ring (bicyclic) bond motifs is 1. The van der Waals surface area contributed by atoms with Gasteiger partial charge in [-0.2, -0.15) is 0 Å². The van der Waals surface area contributed by atoms with Crippen molar-refractivity contribution in [1.29, 1.82) is 0 Å². The molecule has 0 bridgehead atoms. The first kappa shape index (κ1) is 17.5. The van der Waals surface area contributed by atoms with Gasteiger partial charge in [0.25, 0.3) is 0 Å². The van der Waals surface area contributed by atoms with Gasteiger partial charge in [-0.05, 0) is 41.6 Å². The number of likely N-dealkylation sites (N-methyl/N-ethyl adjacent to an activating group) is 1.